The fraction of sp³-hybridized carbons (Fsp3) is 0.500. The van der Waals surface area contributed by atoms with Gasteiger partial charge in [0.15, 0.2) is 0 Å². The summed E-state index contributed by atoms with van der Waals surface area (Å²) in [6.45, 7) is 1.07. The second-order valence-electron chi connectivity index (χ2n) is 4.90. The average Bonchev–Trinajstić information content (AvgIpc) is 2.24. The van der Waals surface area contributed by atoms with Crippen molar-refractivity contribution in [2.75, 3.05) is 0 Å². The van der Waals surface area contributed by atoms with Gasteiger partial charge >= 0.3 is 43.1 Å². The fourth-order valence-corrected chi connectivity index (χ4v) is 1.18. The molecule has 6 nitrogen and oxygen atoms in total. The van der Waals surface area contributed by atoms with Crippen molar-refractivity contribution >= 4 is 37.6 Å². The molecule has 23 heavy (non-hydrogen) atoms. The predicted octanol–water partition coefficient (Wildman–Crippen LogP) is -0.0657. The van der Waals surface area contributed by atoms with Crippen molar-refractivity contribution in [2.45, 2.75) is 39.5 Å². The molecule has 0 heterocycles. The first kappa shape index (κ1) is 29.0. The normalized spacial score (nSPS) is 11.0. The molecule has 0 aliphatic rings. The van der Waals surface area contributed by atoms with Crippen LogP contribution in [0.3, 0.4) is 0 Å². The van der Waals surface area contributed by atoms with Gasteiger partial charge in [-0.2, -0.15) is 35.4 Å². The largest absolute Gasteiger partial charge is 1.00 e. The molecule has 11 heteroatoms. The molecular formula is C12H23NaO6P2S2. The summed E-state index contributed by atoms with van der Waals surface area (Å²) in [7, 11) is 0. The minimum absolute atomic E-state index is 0. The molecule has 1 rings (SSSR count). The maximum atomic E-state index is 9.19. The van der Waals surface area contributed by atoms with Crippen LogP contribution in [0.1, 0.15) is 50.7 Å². The summed E-state index contributed by atoms with van der Waals surface area (Å²) in [5.74, 6) is 1.17. The van der Waals surface area contributed by atoms with Gasteiger partial charge in [0.25, 0.3) is 0 Å². The van der Waals surface area contributed by atoms with Gasteiger partial charge in [-0.25, -0.2) is 4.57 Å². The fourth-order valence-electron chi connectivity index (χ4n) is 1.18. The Morgan fingerprint density at radius 1 is 1.00 bits per heavy atom. The van der Waals surface area contributed by atoms with E-state index in [1.807, 2.05) is 0 Å². The molecule has 0 amide bonds. The van der Waals surface area contributed by atoms with E-state index in [0.717, 1.165) is 0 Å². The van der Waals surface area contributed by atoms with Crippen LogP contribution in [0, 0.1) is 6.07 Å². The molecule has 0 unspecified atom stereocenters. The molecular weight excluding hydrogens is 389 g/mol. The van der Waals surface area contributed by atoms with Crippen LogP contribution in [0.15, 0.2) is 18.2 Å². The predicted molar refractivity (Wildman–Crippen MR) is 95.4 cm³/mol. The van der Waals surface area contributed by atoms with E-state index in [1.165, 1.54) is 11.1 Å². The van der Waals surface area contributed by atoms with E-state index in [4.69, 9.17) is 24.5 Å². The first-order valence-corrected chi connectivity index (χ1v) is 11.6. The second kappa shape index (κ2) is 13.5. The third-order valence-electron chi connectivity index (χ3n) is 2.08. The van der Waals surface area contributed by atoms with Crippen molar-refractivity contribution < 1.29 is 58.6 Å². The van der Waals surface area contributed by atoms with Crippen molar-refractivity contribution in [1.29, 1.82) is 0 Å². The van der Waals surface area contributed by atoms with E-state index in [-0.39, 0.29) is 29.6 Å². The Bertz CT molecular complexity index is 470. The van der Waals surface area contributed by atoms with Crippen LogP contribution < -0.4 is 29.6 Å². The van der Waals surface area contributed by atoms with Gasteiger partial charge in [0.2, 0.25) is 0 Å². The third kappa shape index (κ3) is 28.3. The molecule has 0 fully saturated rings. The quantitative estimate of drug-likeness (QED) is 0.174. The van der Waals surface area contributed by atoms with Crippen molar-refractivity contribution in [2.24, 2.45) is 0 Å². The smallest absolute Gasteiger partial charge is 0.325 e. The molecule has 0 aliphatic heterocycles. The van der Waals surface area contributed by atoms with Crippen LogP contribution in [0.4, 0.5) is 0 Å². The number of rotatable bonds is 2. The van der Waals surface area contributed by atoms with Crippen LogP contribution in [0.25, 0.3) is 0 Å². The zero-order chi connectivity index (χ0) is 18.1. The van der Waals surface area contributed by atoms with E-state index in [0.29, 0.717) is 11.8 Å². The Hall–Kier alpha value is 1.25. The second-order valence-corrected chi connectivity index (χ2v) is 9.98. The minimum atomic E-state index is -3.94. The SMILES string of the molecule is CC(C)c1[c-]c(C(C)C)ccc1.O=P(O)(O)S.OP(O)(O)=S.[Na+]. The van der Waals surface area contributed by atoms with E-state index < -0.39 is 13.5 Å². The summed E-state index contributed by atoms with van der Waals surface area (Å²) in [5.41, 5.74) is 2.64. The molecule has 0 bridgehead atoms. The topological polar surface area (TPSA) is 118 Å². The third-order valence-corrected chi connectivity index (χ3v) is 2.08. The van der Waals surface area contributed by atoms with E-state index in [1.54, 1.807) is 0 Å². The summed E-state index contributed by atoms with van der Waals surface area (Å²) in [6, 6.07) is 9.87. The first-order valence-electron chi connectivity index (χ1n) is 6.20. The van der Waals surface area contributed by atoms with Crippen molar-refractivity contribution in [3.8, 4) is 0 Å². The minimum Gasteiger partial charge on any atom is -0.325 e. The molecule has 0 saturated heterocycles. The molecule has 0 aromatic heterocycles. The van der Waals surface area contributed by atoms with Crippen LogP contribution in [-0.4, -0.2) is 24.5 Å². The van der Waals surface area contributed by atoms with Crippen molar-refractivity contribution in [3.05, 3.63) is 35.4 Å². The summed E-state index contributed by atoms with van der Waals surface area (Å²) in [6.07, 6.45) is 0. The maximum Gasteiger partial charge on any atom is 1.00 e. The van der Waals surface area contributed by atoms with Crippen molar-refractivity contribution in [3.63, 3.8) is 0 Å². The van der Waals surface area contributed by atoms with Gasteiger partial charge in [-0.15, -0.1) is 0 Å². The molecule has 0 saturated carbocycles. The van der Waals surface area contributed by atoms with Crippen LogP contribution in [0.5, 0.6) is 0 Å². The van der Waals surface area contributed by atoms with Crippen LogP contribution in [-0.2, 0) is 16.4 Å². The number of hydrogen-bond donors (Lipinski definition) is 6. The van der Waals surface area contributed by atoms with Crippen LogP contribution in [0.2, 0.25) is 0 Å². The van der Waals surface area contributed by atoms with E-state index in [2.05, 4.69) is 76.0 Å². The van der Waals surface area contributed by atoms with Gasteiger partial charge in [0, 0.05) is 0 Å². The molecule has 130 valence electrons. The first-order chi connectivity index (χ1) is 9.61. The molecule has 1 aromatic carbocycles. The number of hydrogen-bond acceptors (Lipinski definition) is 2. The molecule has 0 radical (unpaired) electrons. The summed E-state index contributed by atoms with van der Waals surface area (Å²) >= 11 is 6.39. The van der Waals surface area contributed by atoms with E-state index >= 15 is 0 Å². The zero-order valence-corrected chi connectivity index (χ0v) is 19.3. The molecule has 1 aromatic rings. The zero-order valence-electron chi connectivity index (χ0n) is 13.8. The van der Waals surface area contributed by atoms with Gasteiger partial charge in [-0.3, -0.25) is 0 Å². The Labute approximate surface area is 170 Å². The van der Waals surface area contributed by atoms with Gasteiger partial charge in [-0.05, 0) is 23.6 Å². The Kier molecular flexibility index (Phi) is 17.0. The maximum absolute atomic E-state index is 9.19. The molecule has 0 spiro atoms. The molecule has 5 N–H and O–H groups in total. The molecule has 0 aliphatic carbocycles. The summed E-state index contributed by atoms with van der Waals surface area (Å²) < 4.78 is 9.19. The van der Waals surface area contributed by atoms with Gasteiger partial charge < -0.3 is 24.5 Å². The standard InChI is InChI=1S/C12H17.Na.2H3O3PS/c1-9(2)11-6-5-7-12(8-11)10(3)4;;2*1-4(2,3)5/h5-7,9-10H,1-4H3;;2*(H3,1,2,3,5)/q-1;+1;;. The van der Waals surface area contributed by atoms with Gasteiger partial charge in [0.05, 0.1) is 0 Å². The van der Waals surface area contributed by atoms with Crippen LogP contribution >= 0.6 is 25.8 Å². The number of thiol groups is 1. The van der Waals surface area contributed by atoms with E-state index in [9.17, 15) is 4.57 Å². The number of benzene rings is 1. The molecule has 0 atom stereocenters. The Morgan fingerprint density at radius 2 is 1.22 bits per heavy atom. The average molecular weight is 412 g/mol. The summed E-state index contributed by atoms with van der Waals surface area (Å²) in [5, 5.41) is 0. The summed E-state index contributed by atoms with van der Waals surface area (Å²) in [4.78, 5) is 37.7. The Morgan fingerprint density at radius 3 is 1.39 bits per heavy atom. The monoisotopic (exact) mass is 412 g/mol. The Balaban J connectivity index is -0.000000307. The van der Waals surface area contributed by atoms with Gasteiger partial charge in [-0.1, -0.05) is 39.9 Å². The van der Waals surface area contributed by atoms with Gasteiger partial charge in [0.1, 0.15) is 0 Å². The van der Waals surface area contributed by atoms with Crippen molar-refractivity contribution in [1.82, 2.24) is 0 Å².